The summed E-state index contributed by atoms with van der Waals surface area (Å²) in [4.78, 5) is 194. The van der Waals surface area contributed by atoms with Gasteiger partial charge < -0.3 is 64.8 Å². The van der Waals surface area contributed by atoms with Gasteiger partial charge in [-0.15, -0.1) is 0 Å². The van der Waals surface area contributed by atoms with E-state index in [2.05, 4.69) is 22.9 Å². The monoisotopic (exact) mass is 1510 g/mol. The molecule has 0 aromatic carbocycles. The number of alkyl halides is 3. The van der Waals surface area contributed by atoms with Crippen LogP contribution in [0.25, 0.3) is 0 Å². The molecule has 0 aromatic rings. The van der Waals surface area contributed by atoms with Gasteiger partial charge in [0.2, 0.25) is 70.9 Å². The van der Waals surface area contributed by atoms with Crippen molar-refractivity contribution in [3.63, 3.8) is 0 Å². The molecule has 9 atom stereocenters. The summed E-state index contributed by atoms with van der Waals surface area (Å²) in [5.41, 5.74) is -2.12. The van der Waals surface area contributed by atoms with Gasteiger partial charge in [-0.3, -0.25) is 57.5 Å². The SMILES string of the molecule is CCC[C@H]1CC(=O)N[C@@H](C(C)C)C(=O)N(C)CC(=O)N(C)[C@H]2CC/C=C\CCCN(C2=O)[C@@H](CC2CCC(C)CC2)C(=O)N(C)CC(=O)N[C@@H](CCC2CCC(C(F)(F)F)CC2)C(=O)N2CC[C@H](OCC)CC[C@H]2C(=O)NC2(CC(C)(C)C2)C(=O)N(C)[C@@H](C2CCC2)C(=O)N(C)[C@H](C(=O)N(C)C)CC(=O)N1C. The maximum Gasteiger partial charge on any atom is 0.391 e. The third-order valence-electron chi connectivity index (χ3n) is 24.5. The smallest absolute Gasteiger partial charge is 0.378 e. The molecule has 0 aromatic heterocycles. The largest absolute Gasteiger partial charge is 0.391 e. The Morgan fingerprint density at radius 1 is 0.617 bits per heavy atom. The molecule has 0 radical (unpaired) electrons. The molecule has 25 nitrogen and oxygen atoms in total. The molecule has 4 saturated carbocycles. The lowest BCUT2D eigenvalue weighted by atomic mass is 9.58. The molecule has 28 heteroatoms. The van der Waals surface area contributed by atoms with Crippen molar-refractivity contribution in [3.05, 3.63) is 12.2 Å². The van der Waals surface area contributed by atoms with Gasteiger partial charge in [0.1, 0.15) is 47.8 Å². The van der Waals surface area contributed by atoms with E-state index in [1.165, 1.54) is 95.6 Å². The third-order valence-corrected chi connectivity index (χ3v) is 24.5. The fourth-order valence-corrected chi connectivity index (χ4v) is 17.8. The van der Waals surface area contributed by atoms with E-state index in [4.69, 9.17) is 4.74 Å². The number of nitrogens with one attached hydrogen (secondary N) is 3. The van der Waals surface area contributed by atoms with Crippen LogP contribution in [0.1, 0.15) is 222 Å². The summed E-state index contributed by atoms with van der Waals surface area (Å²) >= 11 is 0. The van der Waals surface area contributed by atoms with Crippen LogP contribution in [-0.2, 0) is 62.3 Å². The van der Waals surface area contributed by atoms with Gasteiger partial charge in [0.25, 0.3) is 0 Å². The average molecular weight is 1510 g/mol. The second kappa shape index (κ2) is 38.7. The van der Waals surface area contributed by atoms with Gasteiger partial charge in [0.15, 0.2) is 0 Å². The van der Waals surface area contributed by atoms with Crippen molar-refractivity contribution in [3.8, 4) is 0 Å². The van der Waals surface area contributed by atoms with E-state index in [9.17, 15) is 37.1 Å². The van der Waals surface area contributed by atoms with Crippen LogP contribution >= 0.6 is 0 Å². The number of halogens is 3. The molecule has 7 rings (SSSR count). The lowest BCUT2D eigenvalue weighted by molar-refractivity contribution is -0.184. The first-order chi connectivity index (χ1) is 50.3. The number of hydrogen-bond acceptors (Lipinski definition) is 13. The molecule has 2 bridgehead atoms. The van der Waals surface area contributed by atoms with Crippen molar-refractivity contribution in [1.29, 1.82) is 0 Å². The summed E-state index contributed by atoms with van der Waals surface area (Å²) < 4.78 is 48.3. The number of rotatable bonds is 12. The van der Waals surface area contributed by atoms with Crippen molar-refractivity contribution < 1.29 is 75.4 Å². The number of ether oxygens (including phenoxy) is 1. The Balaban J connectivity index is 1.32. The zero-order valence-corrected chi connectivity index (χ0v) is 66.9. The van der Waals surface area contributed by atoms with Crippen LogP contribution in [0.15, 0.2) is 12.2 Å². The molecule has 6 fully saturated rings. The van der Waals surface area contributed by atoms with Crippen molar-refractivity contribution >= 4 is 70.9 Å². The van der Waals surface area contributed by atoms with E-state index in [0.29, 0.717) is 63.9 Å². The van der Waals surface area contributed by atoms with Gasteiger partial charge in [-0.05, 0) is 164 Å². The Kier molecular flexibility index (Phi) is 31.6. The molecule has 1 spiro atoms. The topological polar surface area (TPSA) is 279 Å². The minimum Gasteiger partial charge on any atom is -0.378 e. The minimum absolute atomic E-state index is 0.0101. The molecule has 107 heavy (non-hydrogen) atoms. The average Bonchev–Trinajstić information content (AvgIpc) is 0.874. The Bertz CT molecular complexity index is 3140. The summed E-state index contributed by atoms with van der Waals surface area (Å²) in [6, 6.07) is -9.29. The first-order valence-corrected chi connectivity index (χ1v) is 39.9. The molecule has 604 valence electrons. The van der Waals surface area contributed by atoms with Gasteiger partial charge in [-0.25, -0.2) is 0 Å². The lowest BCUT2D eigenvalue weighted by Gasteiger charge is -2.55. The van der Waals surface area contributed by atoms with Gasteiger partial charge in [-0.2, -0.15) is 13.2 Å². The van der Waals surface area contributed by atoms with E-state index in [0.717, 1.165) is 32.1 Å². The number of fused-ring (bicyclic) bond motifs is 3. The molecule has 2 saturated heterocycles. The van der Waals surface area contributed by atoms with Crippen molar-refractivity contribution in [2.45, 2.75) is 288 Å². The number of carbonyl (C=O) groups excluding carboxylic acids is 12. The number of nitrogens with zero attached hydrogens (tertiary/aromatic N) is 9. The predicted molar refractivity (Wildman–Crippen MR) is 399 cm³/mol. The Morgan fingerprint density at radius 3 is 1.84 bits per heavy atom. The number of likely N-dealkylation sites (N-methyl/N-ethyl adjacent to an activating group) is 6. The summed E-state index contributed by atoms with van der Waals surface area (Å²) in [6.45, 7) is 12.6. The Labute approximate surface area is 634 Å². The quantitative estimate of drug-likeness (QED) is 0.160. The molecular formula is C79H129F3N12O13. The molecule has 12 amide bonds. The summed E-state index contributed by atoms with van der Waals surface area (Å²) in [5, 5.41) is 8.97. The van der Waals surface area contributed by atoms with Crippen molar-refractivity contribution in [2.75, 3.05) is 89.2 Å². The highest BCUT2D eigenvalue weighted by atomic mass is 19.4. The molecule has 3 N–H and O–H groups in total. The number of carbonyl (C=O) groups is 12. The van der Waals surface area contributed by atoms with Gasteiger partial charge in [-0.1, -0.05) is 92.2 Å². The van der Waals surface area contributed by atoms with Crippen LogP contribution in [0.3, 0.4) is 0 Å². The van der Waals surface area contributed by atoms with Crippen LogP contribution in [-0.4, -0.2) is 270 Å². The van der Waals surface area contributed by atoms with E-state index in [-0.39, 0.29) is 114 Å². The fraction of sp³-hybridized carbons (Fsp3) is 0.823. The van der Waals surface area contributed by atoms with Crippen LogP contribution in [0.4, 0.5) is 13.2 Å². The van der Waals surface area contributed by atoms with Crippen LogP contribution in [0.5, 0.6) is 0 Å². The minimum atomic E-state index is -4.37. The highest BCUT2D eigenvalue weighted by Crippen LogP contribution is 2.50. The predicted octanol–water partition coefficient (Wildman–Crippen LogP) is 7.47. The van der Waals surface area contributed by atoms with Gasteiger partial charge in [0.05, 0.1) is 31.5 Å². The zero-order valence-electron chi connectivity index (χ0n) is 66.9. The second-order valence-electron chi connectivity index (χ2n) is 33.9. The standard InChI is InChI=1S/C79H129F3N12O13/c1-16-24-56-44-63(95)84-67(50(3)4)74(104)88(11)47-66(98)90(13)60-27-21-19-18-20-22-41-93(73(60)103)62(43-53-30-28-51(5)29-31-53)72(102)87(10)46-64(96)83-58(38-34-52-32-35-55(36-33-52)79(80,81)82)70(100)94-42-40-57(107-17-2)37-39-59(94)69(99)85-78(48-77(6,7)49-78)76(106)92(15)68(54-25-23-26-54)75(105)91(14)61(71(101)86(8)9)45-65(97)89(56)12/h18-19,50-62,67-68H,16-17,20-49H2,1-15H3,(H,83,96)(H,84,95)(H,85,99)/b19-18-/t51?,52?,53?,55?,56-,57+,58-,59-,60-,61-,62-,67-,68-/m0/s1. The maximum absolute atomic E-state index is 15.9. The molecule has 7 aliphatic rings. The molecule has 3 heterocycles. The van der Waals surface area contributed by atoms with E-state index < -0.39 is 174 Å². The second-order valence-corrected chi connectivity index (χ2v) is 33.9. The normalized spacial score (nSPS) is 31.2. The van der Waals surface area contributed by atoms with Crippen LogP contribution < -0.4 is 16.0 Å². The Morgan fingerprint density at radius 2 is 1.25 bits per heavy atom. The van der Waals surface area contributed by atoms with Crippen LogP contribution in [0.2, 0.25) is 0 Å². The van der Waals surface area contributed by atoms with E-state index in [1.54, 1.807) is 18.7 Å². The molecule has 3 aliphatic heterocycles. The lowest BCUT2D eigenvalue weighted by Crippen LogP contribution is -2.72. The Hall–Kier alpha value is -6.87. The summed E-state index contributed by atoms with van der Waals surface area (Å²) in [7, 11) is 11.8. The molecule has 4 aliphatic carbocycles. The highest BCUT2D eigenvalue weighted by Gasteiger charge is 2.59. The maximum atomic E-state index is 15.9. The summed E-state index contributed by atoms with van der Waals surface area (Å²) in [5.74, 6) is -9.31. The third kappa shape index (κ3) is 22.7. The highest BCUT2D eigenvalue weighted by molar-refractivity contribution is 6.00. The molecular weight excluding hydrogens is 1380 g/mol. The first-order valence-electron chi connectivity index (χ1n) is 39.9. The van der Waals surface area contributed by atoms with E-state index >= 15 is 33.6 Å². The fourth-order valence-electron chi connectivity index (χ4n) is 17.8. The first kappa shape index (κ1) is 87.4. The zero-order chi connectivity index (χ0) is 79.2. The number of allylic oxidation sites excluding steroid dienone is 2. The summed E-state index contributed by atoms with van der Waals surface area (Å²) in [6.07, 6.45) is 7.72. The number of amides is 12. The van der Waals surface area contributed by atoms with Crippen molar-refractivity contribution in [1.82, 2.24) is 60.0 Å². The van der Waals surface area contributed by atoms with E-state index in [1.807, 2.05) is 39.8 Å². The van der Waals surface area contributed by atoms with Gasteiger partial charge >= 0.3 is 6.18 Å². The number of hydrogen-bond donors (Lipinski definition) is 3. The van der Waals surface area contributed by atoms with Gasteiger partial charge in [0, 0.05) is 88.5 Å². The van der Waals surface area contributed by atoms with Crippen molar-refractivity contribution in [2.24, 2.45) is 40.9 Å². The van der Waals surface area contributed by atoms with Crippen LogP contribution in [0, 0.1) is 40.9 Å². The molecule has 0 unspecified atom stereocenters.